The summed E-state index contributed by atoms with van der Waals surface area (Å²) in [7, 11) is 5.71. The average Bonchev–Trinajstić information content (AvgIpc) is 3.38. The Bertz CT molecular complexity index is 1160. The number of likely N-dealkylation sites (tertiary alicyclic amines) is 1. The fourth-order valence-electron chi connectivity index (χ4n) is 4.45. The number of benzene rings is 2. The molecule has 2 aromatic carbocycles. The van der Waals surface area contributed by atoms with Crippen molar-refractivity contribution in [2.24, 2.45) is 0 Å². The Balaban J connectivity index is 1.87. The summed E-state index contributed by atoms with van der Waals surface area (Å²) in [5.74, 6) is 1.41. The second kappa shape index (κ2) is 10.3. The molecule has 1 saturated heterocycles. The molecule has 10 nitrogen and oxygen atoms in total. The number of hydrogen-bond donors (Lipinski definition) is 1. The first-order valence-electron chi connectivity index (χ1n) is 11.4. The van der Waals surface area contributed by atoms with Crippen molar-refractivity contribution in [2.45, 2.75) is 18.3 Å². The molecule has 0 spiro atoms. The largest absolute Gasteiger partial charge is 0.497 e. The van der Waals surface area contributed by atoms with Crippen LogP contribution < -0.4 is 9.47 Å². The van der Waals surface area contributed by atoms with Crippen molar-refractivity contribution >= 4 is 12.0 Å². The van der Waals surface area contributed by atoms with Gasteiger partial charge in [-0.3, -0.25) is 10.0 Å². The lowest BCUT2D eigenvalue weighted by molar-refractivity contribution is -0.151. The van der Waals surface area contributed by atoms with Crippen LogP contribution in [0.1, 0.15) is 18.7 Å². The molecule has 0 radical (unpaired) electrons. The number of hydroxylamine groups is 2. The van der Waals surface area contributed by atoms with Crippen molar-refractivity contribution in [1.82, 2.24) is 14.9 Å². The molecule has 0 bridgehead atoms. The Kier molecular flexibility index (Phi) is 7.16. The molecule has 1 aliphatic heterocycles. The van der Waals surface area contributed by atoms with Gasteiger partial charge < -0.3 is 23.5 Å². The van der Waals surface area contributed by atoms with Crippen LogP contribution in [0.4, 0.5) is 4.79 Å². The first-order chi connectivity index (χ1) is 17.3. The quantitative estimate of drug-likeness (QED) is 0.310. The summed E-state index contributed by atoms with van der Waals surface area (Å²) >= 11 is 0. The summed E-state index contributed by atoms with van der Waals surface area (Å²) in [4.78, 5) is 32.0. The minimum absolute atomic E-state index is 0.0476. The maximum Gasteiger partial charge on any atom is 0.343 e. The van der Waals surface area contributed by atoms with Crippen LogP contribution in [0.25, 0.3) is 22.6 Å². The molecule has 36 heavy (non-hydrogen) atoms. The van der Waals surface area contributed by atoms with Gasteiger partial charge in [-0.2, -0.15) is 0 Å². The first kappa shape index (κ1) is 25.1. The minimum atomic E-state index is -1.34. The zero-order valence-corrected chi connectivity index (χ0v) is 20.7. The number of nitrogens with zero attached hydrogens (tertiary/aromatic N) is 3. The summed E-state index contributed by atoms with van der Waals surface area (Å²) < 4.78 is 22.1. The van der Waals surface area contributed by atoms with E-state index in [4.69, 9.17) is 23.6 Å². The summed E-state index contributed by atoms with van der Waals surface area (Å²) in [6.07, 6.45) is 0.857. The molecule has 1 unspecified atom stereocenters. The number of rotatable bonds is 6. The number of oxazole rings is 1. The fourth-order valence-corrected chi connectivity index (χ4v) is 4.45. The number of hydrogen-bond acceptors (Lipinski definition) is 8. The van der Waals surface area contributed by atoms with Gasteiger partial charge in [-0.25, -0.2) is 14.8 Å². The third-order valence-corrected chi connectivity index (χ3v) is 6.37. The predicted octanol–water partition coefficient (Wildman–Crippen LogP) is 3.97. The van der Waals surface area contributed by atoms with Crippen molar-refractivity contribution in [2.75, 3.05) is 41.5 Å². The monoisotopic (exact) mass is 495 g/mol. The van der Waals surface area contributed by atoms with E-state index in [2.05, 4.69) is 0 Å². The lowest BCUT2D eigenvalue weighted by atomic mass is 9.79. The third-order valence-electron chi connectivity index (χ3n) is 6.37. The molecule has 1 N–H and O–H groups in total. The highest BCUT2D eigenvalue weighted by atomic mass is 16.5. The predicted molar refractivity (Wildman–Crippen MR) is 130 cm³/mol. The van der Waals surface area contributed by atoms with Gasteiger partial charge in [0.05, 0.1) is 21.3 Å². The van der Waals surface area contributed by atoms with E-state index in [1.165, 1.54) is 19.1 Å². The molecule has 3 aromatic rings. The van der Waals surface area contributed by atoms with Crippen molar-refractivity contribution < 1.29 is 33.4 Å². The smallest absolute Gasteiger partial charge is 0.343 e. The molecule has 0 saturated carbocycles. The summed E-state index contributed by atoms with van der Waals surface area (Å²) in [6, 6.07) is 14.0. The number of carbonyl (C=O) groups excluding carboxylic acids is 2. The number of methoxy groups -OCH3 is 3. The van der Waals surface area contributed by atoms with Crippen LogP contribution >= 0.6 is 0 Å². The van der Waals surface area contributed by atoms with Crippen LogP contribution in [0, 0.1) is 0 Å². The molecular weight excluding hydrogens is 466 g/mol. The van der Waals surface area contributed by atoms with Crippen molar-refractivity contribution in [3.8, 4) is 34.1 Å². The van der Waals surface area contributed by atoms with E-state index in [-0.39, 0.29) is 12.4 Å². The SMILES string of the molecule is COC(=O)C1(c2nc(-c3ccc(OC)cc3)c(-c3ccc(OC)cc3)o2)CCCN(C(=O)N(C)O)C1. The van der Waals surface area contributed by atoms with Gasteiger partial charge in [-0.05, 0) is 61.4 Å². The van der Waals surface area contributed by atoms with Gasteiger partial charge in [-0.1, -0.05) is 0 Å². The Morgan fingerprint density at radius 2 is 1.58 bits per heavy atom. The fraction of sp³-hybridized carbons (Fsp3) is 0.346. The Morgan fingerprint density at radius 3 is 2.11 bits per heavy atom. The average molecular weight is 496 g/mol. The zero-order valence-electron chi connectivity index (χ0n) is 20.7. The number of esters is 1. The normalized spacial score (nSPS) is 17.4. The van der Waals surface area contributed by atoms with E-state index >= 15 is 0 Å². The van der Waals surface area contributed by atoms with Gasteiger partial charge >= 0.3 is 12.0 Å². The lowest BCUT2D eigenvalue weighted by Gasteiger charge is -2.39. The van der Waals surface area contributed by atoms with Gasteiger partial charge in [0.1, 0.15) is 17.2 Å². The van der Waals surface area contributed by atoms with E-state index in [0.29, 0.717) is 47.4 Å². The second-order valence-corrected chi connectivity index (χ2v) is 8.56. The number of ether oxygens (including phenoxy) is 3. The minimum Gasteiger partial charge on any atom is -0.497 e. The maximum atomic E-state index is 13.2. The molecule has 0 aliphatic carbocycles. The summed E-state index contributed by atoms with van der Waals surface area (Å²) in [6.45, 7) is 0.327. The number of amides is 2. The highest BCUT2D eigenvalue weighted by Gasteiger charge is 2.51. The van der Waals surface area contributed by atoms with Gasteiger partial charge in [0, 0.05) is 31.3 Å². The van der Waals surface area contributed by atoms with E-state index in [1.807, 2.05) is 48.5 Å². The van der Waals surface area contributed by atoms with Crippen LogP contribution in [-0.4, -0.2) is 73.6 Å². The molecule has 4 rings (SSSR count). The molecule has 2 heterocycles. The van der Waals surface area contributed by atoms with Crippen molar-refractivity contribution in [1.29, 1.82) is 0 Å². The van der Waals surface area contributed by atoms with Crippen molar-refractivity contribution in [3.63, 3.8) is 0 Å². The van der Waals surface area contributed by atoms with Gasteiger partial charge in [0.25, 0.3) is 0 Å². The first-order valence-corrected chi connectivity index (χ1v) is 11.4. The van der Waals surface area contributed by atoms with E-state index in [0.717, 1.165) is 11.1 Å². The second-order valence-electron chi connectivity index (χ2n) is 8.56. The Labute approximate surface area is 208 Å². The highest BCUT2D eigenvalue weighted by molar-refractivity contribution is 5.85. The maximum absolute atomic E-state index is 13.2. The van der Waals surface area contributed by atoms with Crippen LogP contribution in [-0.2, 0) is 14.9 Å². The third kappa shape index (κ3) is 4.59. The Morgan fingerprint density at radius 1 is 1.00 bits per heavy atom. The van der Waals surface area contributed by atoms with Crippen LogP contribution in [0.5, 0.6) is 11.5 Å². The van der Waals surface area contributed by atoms with Crippen molar-refractivity contribution in [3.05, 3.63) is 54.4 Å². The van der Waals surface area contributed by atoms with Gasteiger partial charge in [0.15, 0.2) is 11.2 Å². The Hall–Kier alpha value is -4.05. The molecule has 10 heteroatoms. The number of piperidine rings is 1. The summed E-state index contributed by atoms with van der Waals surface area (Å²) in [5.41, 5.74) is 0.684. The number of carbonyl (C=O) groups is 2. The topological polar surface area (TPSA) is 115 Å². The van der Waals surface area contributed by atoms with E-state index in [9.17, 15) is 14.8 Å². The molecule has 1 aromatic heterocycles. The molecule has 1 atom stereocenters. The van der Waals surface area contributed by atoms with E-state index < -0.39 is 17.4 Å². The molecule has 1 fully saturated rings. The molecule has 2 amide bonds. The highest BCUT2D eigenvalue weighted by Crippen LogP contribution is 2.41. The zero-order chi connectivity index (χ0) is 25.9. The van der Waals surface area contributed by atoms with Gasteiger partial charge in [-0.15, -0.1) is 0 Å². The number of urea groups is 1. The standard InChI is InChI=1S/C26H29N3O7/c1-28(32)25(31)29-15-5-14-26(16-29,24(30)35-4)23-27-21(17-6-10-19(33-2)11-7-17)22(36-23)18-8-12-20(34-3)13-9-18/h6-13,32H,5,14-16H2,1-4H3. The van der Waals surface area contributed by atoms with Crippen LogP contribution in [0.2, 0.25) is 0 Å². The summed E-state index contributed by atoms with van der Waals surface area (Å²) in [5, 5.41) is 10.2. The molecule has 190 valence electrons. The van der Waals surface area contributed by atoms with Crippen LogP contribution in [0.3, 0.4) is 0 Å². The van der Waals surface area contributed by atoms with Crippen LogP contribution in [0.15, 0.2) is 52.9 Å². The lowest BCUT2D eigenvalue weighted by Crippen LogP contribution is -2.55. The van der Waals surface area contributed by atoms with Gasteiger partial charge in [0.2, 0.25) is 5.89 Å². The number of aromatic nitrogens is 1. The molecule has 1 aliphatic rings. The molecular formula is C26H29N3O7. The van der Waals surface area contributed by atoms with E-state index in [1.54, 1.807) is 14.2 Å².